The molecule has 0 saturated carbocycles. The molecule has 0 saturated heterocycles. The van der Waals surface area contributed by atoms with Gasteiger partial charge >= 0.3 is 0 Å². The molecule has 0 radical (unpaired) electrons. The van der Waals surface area contributed by atoms with Gasteiger partial charge in [-0.3, -0.25) is 0 Å². The van der Waals surface area contributed by atoms with Gasteiger partial charge in [-0.05, 0) is 24.6 Å². The van der Waals surface area contributed by atoms with E-state index in [0.29, 0.717) is 6.61 Å². The third-order valence-electron chi connectivity index (χ3n) is 2.50. The Bertz CT molecular complexity index is 218. The van der Waals surface area contributed by atoms with Crippen molar-refractivity contribution in [3.8, 4) is 0 Å². The van der Waals surface area contributed by atoms with E-state index < -0.39 is 5.69 Å². The van der Waals surface area contributed by atoms with Crippen LogP contribution in [0, 0.1) is 0 Å². The Morgan fingerprint density at radius 1 is 1.00 bits per heavy atom. The third kappa shape index (κ3) is 15.6. The van der Waals surface area contributed by atoms with Crippen LogP contribution in [0.15, 0.2) is 0 Å². The summed E-state index contributed by atoms with van der Waals surface area (Å²) in [5.41, 5.74) is -2.53. The predicted octanol–water partition coefficient (Wildman–Crippen LogP) is 5.11. The molecule has 0 aliphatic heterocycles. The van der Waals surface area contributed by atoms with Gasteiger partial charge < -0.3 is 9.42 Å². The minimum absolute atomic E-state index is 0. The molecule has 0 aliphatic carbocycles. The summed E-state index contributed by atoms with van der Waals surface area (Å²) in [7, 11) is 0. The van der Waals surface area contributed by atoms with Crippen LogP contribution in [0.4, 0.5) is 0 Å². The Labute approximate surface area is 135 Å². The maximum absolute atomic E-state index is 9.85. The van der Waals surface area contributed by atoms with Gasteiger partial charge in [-0.15, -0.1) is 0 Å². The quantitative estimate of drug-likeness (QED) is 0.296. The van der Waals surface area contributed by atoms with E-state index >= 15 is 0 Å². The first-order valence-electron chi connectivity index (χ1n) is 6.74. The topological polar surface area (TPSA) is 29.5 Å². The van der Waals surface area contributed by atoms with Gasteiger partial charge in [0.15, 0.2) is 0 Å². The van der Waals surface area contributed by atoms with Crippen molar-refractivity contribution in [2.75, 3.05) is 12.4 Å². The van der Waals surface area contributed by atoms with Crippen LogP contribution in [0.3, 0.4) is 0 Å². The van der Waals surface area contributed by atoms with Crippen LogP contribution < -0.4 is 0 Å². The fourth-order valence-corrected chi connectivity index (χ4v) is 4.84. The second-order valence-corrected chi connectivity index (χ2v) is 10.6. The predicted molar refractivity (Wildman–Crippen MR) is 83.2 cm³/mol. The fourth-order valence-electron chi connectivity index (χ4n) is 1.42. The van der Waals surface area contributed by atoms with E-state index in [9.17, 15) is 4.89 Å². The number of hydrogen-bond donors (Lipinski definition) is 1. The first kappa shape index (κ1) is 21.8. The summed E-state index contributed by atoms with van der Waals surface area (Å²) in [4.78, 5) is 9.85. The third-order valence-corrected chi connectivity index (χ3v) is 6.92. The van der Waals surface area contributed by atoms with Crippen LogP contribution in [0.25, 0.3) is 0 Å². The average molecular weight is 364 g/mol. The molecule has 18 heavy (non-hydrogen) atoms. The van der Waals surface area contributed by atoms with Crippen LogP contribution in [-0.2, 0) is 35.8 Å². The van der Waals surface area contributed by atoms with Crippen molar-refractivity contribution < 1.29 is 28.9 Å². The SMILES string of the molecule is CCCCCCCCSP(O)(=S)OCCCC.[Zn]. The molecule has 0 heterocycles. The maximum Gasteiger partial charge on any atom is 0.244 e. The van der Waals surface area contributed by atoms with E-state index in [0.717, 1.165) is 25.0 Å². The first-order chi connectivity index (χ1) is 8.12. The van der Waals surface area contributed by atoms with Crippen LogP contribution >= 0.6 is 17.1 Å². The average Bonchev–Trinajstić information content (AvgIpc) is 2.28. The van der Waals surface area contributed by atoms with E-state index in [1.54, 1.807) is 0 Å². The molecule has 106 valence electrons. The van der Waals surface area contributed by atoms with Gasteiger partial charge in [0.25, 0.3) is 0 Å². The fraction of sp³-hybridized carbons (Fsp3) is 1.00. The zero-order valence-corrected chi connectivity index (χ0v) is 17.4. The van der Waals surface area contributed by atoms with Crippen molar-refractivity contribution in [2.24, 2.45) is 0 Å². The van der Waals surface area contributed by atoms with E-state index in [1.807, 2.05) is 0 Å². The van der Waals surface area contributed by atoms with Gasteiger partial charge in [0.1, 0.15) is 0 Å². The summed E-state index contributed by atoms with van der Waals surface area (Å²) in [5.74, 6) is 0.937. The monoisotopic (exact) mass is 362 g/mol. The van der Waals surface area contributed by atoms with Crippen LogP contribution in [-0.4, -0.2) is 17.3 Å². The van der Waals surface area contributed by atoms with E-state index in [2.05, 4.69) is 13.8 Å². The van der Waals surface area contributed by atoms with Gasteiger partial charge in [0, 0.05) is 25.2 Å². The summed E-state index contributed by atoms with van der Waals surface area (Å²) < 4.78 is 5.36. The zero-order valence-electron chi connectivity index (χ0n) is 11.9. The van der Waals surface area contributed by atoms with Gasteiger partial charge in [-0.2, -0.15) is 0 Å². The molecular weight excluding hydrogens is 337 g/mol. The molecule has 1 atom stereocenters. The summed E-state index contributed by atoms with van der Waals surface area (Å²) in [6.45, 7) is 4.94. The molecular formula is C12H27O2PS2Zn. The van der Waals surface area contributed by atoms with Gasteiger partial charge in [-0.25, -0.2) is 0 Å². The summed E-state index contributed by atoms with van der Waals surface area (Å²) >= 11 is 6.54. The second kappa shape index (κ2) is 14.9. The molecule has 6 heteroatoms. The normalized spacial score (nSPS) is 13.9. The van der Waals surface area contributed by atoms with E-state index in [4.69, 9.17) is 16.3 Å². The molecule has 2 nitrogen and oxygen atoms in total. The standard InChI is InChI=1S/C12H27O2PS2.Zn/c1-3-5-7-8-9-10-12-17-15(13,16)14-11-6-4-2;/h3-12H2,1-2H3,(H,13,16);. The molecule has 0 aliphatic rings. The molecule has 0 bridgehead atoms. The number of unbranched alkanes of at least 4 members (excludes halogenated alkanes) is 6. The number of rotatable bonds is 12. The van der Waals surface area contributed by atoms with Crippen molar-refractivity contribution in [1.29, 1.82) is 0 Å². The minimum atomic E-state index is -2.53. The molecule has 1 unspecified atom stereocenters. The first-order valence-corrected chi connectivity index (χ1v) is 11.0. The van der Waals surface area contributed by atoms with Crippen molar-refractivity contribution in [3.05, 3.63) is 0 Å². The minimum Gasteiger partial charge on any atom is -0.337 e. The van der Waals surface area contributed by atoms with Crippen LogP contribution in [0.5, 0.6) is 0 Å². The van der Waals surface area contributed by atoms with Crippen LogP contribution in [0.1, 0.15) is 65.2 Å². The Morgan fingerprint density at radius 2 is 1.56 bits per heavy atom. The zero-order chi connectivity index (χ0) is 13.0. The molecule has 0 amide bonds. The Balaban J connectivity index is 0. The molecule has 1 N–H and O–H groups in total. The Hall–Kier alpha value is 1.54. The molecule has 0 rings (SSSR count). The maximum atomic E-state index is 9.85. The molecule has 0 aromatic heterocycles. The Kier molecular flexibility index (Phi) is 18.1. The second-order valence-electron chi connectivity index (χ2n) is 4.26. The van der Waals surface area contributed by atoms with Crippen molar-refractivity contribution in [1.82, 2.24) is 0 Å². The van der Waals surface area contributed by atoms with Crippen LogP contribution in [0.2, 0.25) is 0 Å². The van der Waals surface area contributed by atoms with E-state index in [-0.39, 0.29) is 19.5 Å². The number of hydrogen-bond acceptors (Lipinski definition) is 3. The summed E-state index contributed by atoms with van der Waals surface area (Å²) in [6, 6.07) is 0. The largest absolute Gasteiger partial charge is 0.337 e. The Morgan fingerprint density at radius 3 is 2.17 bits per heavy atom. The van der Waals surface area contributed by atoms with E-state index in [1.165, 1.54) is 43.5 Å². The van der Waals surface area contributed by atoms with Crippen molar-refractivity contribution in [3.63, 3.8) is 0 Å². The van der Waals surface area contributed by atoms with Gasteiger partial charge in [-0.1, -0.05) is 63.8 Å². The van der Waals surface area contributed by atoms with Gasteiger partial charge in [0.05, 0.1) is 6.61 Å². The van der Waals surface area contributed by atoms with Crippen molar-refractivity contribution in [2.45, 2.75) is 65.2 Å². The summed E-state index contributed by atoms with van der Waals surface area (Å²) in [5, 5.41) is 0. The smallest absolute Gasteiger partial charge is 0.244 e. The molecule has 0 aromatic carbocycles. The molecule has 0 fully saturated rings. The van der Waals surface area contributed by atoms with Crippen molar-refractivity contribution >= 4 is 28.9 Å². The molecule has 0 aromatic rings. The molecule has 0 spiro atoms. The van der Waals surface area contributed by atoms with Gasteiger partial charge in [0.2, 0.25) is 5.69 Å². The summed E-state index contributed by atoms with van der Waals surface area (Å²) in [6.07, 6.45) is 9.72.